The molecule has 5 nitrogen and oxygen atoms in total. The molecule has 0 aromatic heterocycles. The number of ether oxygens (including phenoxy) is 1. The van der Waals surface area contributed by atoms with Gasteiger partial charge in [0, 0.05) is 6.54 Å². The van der Waals surface area contributed by atoms with E-state index in [4.69, 9.17) is 4.74 Å². The van der Waals surface area contributed by atoms with E-state index in [1.807, 2.05) is 0 Å². The summed E-state index contributed by atoms with van der Waals surface area (Å²) in [6.07, 6.45) is -3.84. The third-order valence-corrected chi connectivity index (χ3v) is 3.97. The van der Waals surface area contributed by atoms with Crippen LogP contribution < -0.4 is 15.4 Å². The summed E-state index contributed by atoms with van der Waals surface area (Å²) in [5.74, 6) is -0.197. The van der Waals surface area contributed by atoms with Crippen LogP contribution in [0.2, 0.25) is 0 Å². The fourth-order valence-corrected chi connectivity index (χ4v) is 2.51. The van der Waals surface area contributed by atoms with Crippen LogP contribution in [0.25, 0.3) is 0 Å². The number of alkyl halides is 3. The number of benzene rings is 1. The third kappa shape index (κ3) is 6.05. The fraction of sp³-hybridized carbons (Fsp3) is 0.562. The van der Waals surface area contributed by atoms with Crippen LogP contribution in [0.4, 0.5) is 13.2 Å². The monoisotopic (exact) mass is 382 g/mol. The summed E-state index contributed by atoms with van der Waals surface area (Å²) < 4.78 is 43.0. The number of hydrogen-bond acceptors (Lipinski definition) is 4. The molecule has 9 heteroatoms. The number of amides is 1. The highest BCUT2D eigenvalue weighted by Crippen LogP contribution is 2.31. The lowest BCUT2D eigenvalue weighted by atomic mass is 9.99. The van der Waals surface area contributed by atoms with Gasteiger partial charge in [-0.2, -0.15) is 13.2 Å². The van der Waals surface area contributed by atoms with E-state index in [0.29, 0.717) is 0 Å². The smallest absolute Gasteiger partial charge is 0.416 e. The van der Waals surface area contributed by atoms with Crippen molar-refractivity contribution in [2.75, 3.05) is 19.7 Å². The molecular formula is C16H22ClF3N2O3. The molecule has 2 unspecified atom stereocenters. The van der Waals surface area contributed by atoms with Crippen LogP contribution >= 0.6 is 12.4 Å². The minimum atomic E-state index is -4.45. The molecule has 0 aliphatic carbocycles. The minimum absolute atomic E-state index is 0. The molecule has 2 rings (SSSR count). The molecule has 142 valence electrons. The second-order valence-corrected chi connectivity index (χ2v) is 6.06. The normalized spacial score (nSPS) is 21.3. The van der Waals surface area contributed by atoms with E-state index in [-0.39, 0.29) is 37.2 Å². The van der Waals surface area contributed by atoms with Crippen molar-refractivity contribution < 1.29 is 27.8 Å². The van der Waals surface area contributed by atoms with Gasteiger partial charge in [0.25, 0.3) is 0 Å². The molecular weight excluding hydrogens is 361 g/mol. The maximum Gasteiger partial charge on any atom is 0.416 e. The van der Waals surface area contributed by atoms with E-state index in [9.17, 15) is 23.1 Å². The Morgan fingerprint density at radius 1 is 1.48 bits per heavy atom. The molecule has 1 aliphatic rings. The Bertz CT molecular complexity index is 578. The first kappa shape index (κ1) is 21.5. The van der Waals surface area contributed by atoms with E-state index in [1.54, 1.807) is 6.92 Å². The number of carbonyl (C=O) groups excluding carboxylic acids is 1. The van der Waals surface area contributed by atoms with Gasteiger partial charge in [-0.25, -0.2) is 0 Å². The van der Waals surface area contributed by atoms with Crippen LogP contribution in [0, 0.1) is 0 Å². The van der Waals surface area contributed by atoms with E-state index in [1.165, 1.54) is 12.1 Å². The summed E-state index contributed by atoms with van der Waals surface area (Å²) in [6, 6.07) is 4.43. The Morgan fingerprint density at radius 3 is 2.80 bits per heavy atom. The van der Waals surface area contributed by atoms with Gasteiger partial charge in [0.15, 0.2) is 0 Å². The molecule has 25 heavy (non-hydrogen) atoms. The second-order valence-electron chi connectivity index (χ2n) is 6.06. The van der Waals surface area contributed by atoms with Crippen molar-refractivity contribution in [1.29, 1.82) is 0 Å². The van der Waals surface area contributed by atoms with Crippen molar-refractivity contribution in [3.63, 3.8) is 0 Å². The molecule has 1 saturated heterocycles. The Kier molecular flexibility index (Phi) is 7.52. The van der Waals surface area contributed by atoms with Crippen molar-refractivity contribution in [1.82, 2.24) is 10.6 Å². The quantitative estimate of drug-likeness (QED) is 0.705. The topological polar surface area (TPSA) is 70.6 Å². The maximum absolute atomic E-state index is 12.6. The maximum atomic E-state index is 12.6. The van der Waals surface area contributed by atoms with Gasteiger partial charge < -0.3 is 20.5 Å². The average molecular weight is 383 g/mol. The SMILES string of the molecule is CC1(C(=O)NCC(O)COc2cccc(C(F)(F)F)c2)CCCN1.Cl. The van der Waals surface area contributed by atoms with Crippen LogP contribution in [0.5, 0.6) is 5.75 Å². The largest absolute Gasteiger partial charge is 0.491 e. The summed E-state index contributed by atoms with van der Waals surface area (Å²) in [5.41, 5.74) is -1.45. The number of hydrogen-bond donors (Lipinski definition) is 3. The van der Waals surface area contributed by atoms with Crippen LogP contribution in [0.15, 0.2) is 24.3 Å². The van der Waals surface area contributed by atoms with E-state index in [2.05, 4.69) is 10.6 Å². The van der Waals surface area contributed by atoms with Gasteiger partial charge in [-0.05, 0) is 44.5 Å². The molecule has 1 heterocycles. The Balaban J connectivity index is 0.00000312. The van der Waals surface area contributed by atoms with Gasteiger partial charge in [-0.15, -0.1) is 12.4 Å². The molecule has 0 bridgehead atoms. The van der Waals surface area contributed by atoms with Gasteiger partial charge in [0.2, 0.25) is 5.91 Å². The predicted octanol–water partition coefficient (Wildman–Crippen LogP) is 2.13. The Hall–Kier alpha value is -1.51. The van der Waals surface area contributed by atoms with Gasteiger partial charge in [-0.3, -0.25) is 4.79 Å². The lowest BCUT2D eigenvalue weighted by molar-refractivity contribution is -0.137. The van der Waals surface area contributed by atoms with Crippen molar-refractivity contribution >= 4 is 18.3 Å². The van der Waals surface area contributed by atoms with Gasteiger partial charge >= 0.3 is 6.18 Å². The summed E-state index contributed by atoms with van der Waals surface area (Å²) in [5, 5.41) is 15.6. The first-order valence-electron chi connectivity index (χ1n) is 7.72. The molecule has 0 saturated carbocycles. The van der Waals surface area contributed by atoms with Crippen molar-refractivity contribution in [3.05, 3.63) is 29.8 Å². The standard InChI is InChI=1S/C16H21F3N2O3.ClH/c1-15(6-3-7-21-15)14(23)20-9-12(22)10-24-13-5-2-4-11(8-13)16(17,18)19;/h2,4-5,8,12,21-22H,3,6-7,9-10H2,1H3,(H,20,23);1H. The van der Waals surface area contributed by atoms with Gasteiger partial charge in [-0.1, -0.05) is 6.07 Å². The van der Waals surface area contributed by atoms with E-state index in [0.717, 1.165) is 31.5 Å². The second kappa shape index (κ2) is 8.73. The molecule has 1 fully saturated rings. The number of halogens is 4. The first-order chi connectivity index (χ1) is 11.2. The molecule has 0 radical (unpaired) electrons. The number of carbonyl (C=O) groups is 1. The molecule has 2 atom stereocenters. The molecule has 1 aromatic rings. The fourth-order valence-electron chi connectivity index (χ4n) is 2.51. The highest BCUT2D eigenvalue weighted by atomic mass is 35.5. The van der Waals surface area contributed by atoms with Crippen LogP contribution in [0.1, 0.15) is 25.3 Å². The zero-order valence-electron chi connectivity index (χ0n) is 13.7. The van der Waals surface area contributed by atoms with E-state index < -0.39 is 23.4 Å². The van der Waals surface area contributed by atoms with Crippen molar-refractivity contribution in [2.24, 2.45) is 0 Å². The number of rotatable bonds is 6. The number of aliphatic hydroxyl groups excluding tert-OH is 1. The molecule has 3 N–H and O–H groups in total. The van der Waals surface area contributed by atoms with Crippen molar-refractivity contribution in [3.8, 4) is 5.75 Å². The van der Waals surface area contributed by atoms with Gasteiger partial charge in [0.05, 0.1) is 11.1 Å². The zero-order valence-corrected chi connectivity index (χ0v) is 14.5. The van der Waals surface area contributed by atoms with E-state index >= 15 is 0 Å². The predicted molar refractivity (Wildman–Crippen MR) is 88.8 cm³/mol. The summed E-state index contributed by atoms with van der Waals surface area (Å²) in [6.45, 7) is 2.31. The van der Waals surface area contributed by atoms with Crippen LogP contribution in [0.3, 0.4) is 0 Å². The van der Waals surface area contributed by atoms with Crippen molar-refractivity contribution in [2.45, 2.75) is 37.6 Å². The summed E-state index contributed by atoms with van der Waals surface area (Å²) in [4.78, 5) is 12.1. The summed E-state index contributed by atoms with van der Waals surface area (Å²) in [7, 11) is 0. The van der Waals surface area contributed by atoms with Gasteiger partial charge in [0.1, 0.15) is 18.5 Å². The molecule has 0 spiro atoms. The lowest BCUT2D eigenvalue weighted by Crippen LogP contribution is -2.52. The lowest BCUT2D eigenvalue weighted by Gasteiger charge is -2.24. The third-order valence-electron chi connectivity index (χ3n) is 3.97. The Morgan fingerprint density at radius 2 is 2.20 bits per heavy atom. The zero-order chi connectivity index (χ0) is 17.8. The molecule has 1 aliphatic heterocycles. The summed E-state index contributed by atoms with van der Waals surface area (Å²) >= 11 is 0. The van der Waals surface area contributed by atoms with Crippen LogP contribution in [-0.4, -0.2) is 42.4 Å². The minimum Gasteiger partial charge on any atom is -0.491 e. The number of nitrogens with one attached hydrogen (secondary N) is 2. The first-order valence-corrected chi connectivity index (χ1v) is 7.72. The molecule has 1 aromatic carbocycles. The highest BCUT2D eigenvalue weighted by molar-refractivity contribution is 5.86. The Labute approximate surface area is 150 Å². The highest BCUT2D eigenvalue weighted by Gasteiger charge is 2.35. The average Bonchev–Trinajstić information content (AvgIpc) is 2.98. The number of aliphatic hydroxyl groups is 1. The molecule has 1 amide bonds. The van der Waals surface area contributed by atoms with Crippen LogP contribution in [-0.2, 0) is 11.0 Å².